The molecule has 1 unspecified atom stereocenters. The Labute approximate surface area is 116 Å². The van der Waals surface area contributed by atoms with Crippen LogP contribution in [0, 0.1) is 5.82 Å². The van der Waals surface area contributed by atoms with Gasteiger partial charge in [0, 0.05) is 6.54 Å². The van der Waals surface area contributed by atoms with Gasteiger partial charge < -0.3 is 0 Å². The van der Waals surface area contributed by atoms with E-state index in [1.165, 1.54) is 12.1 Å². The summed E-state index contributed by atoms with van der Waals surface area (Å²) in [6, 6.07) is 5.84. The zero-order chi connectivity index (χ0) is 13.8. The minimum absolute atomic E-state index is 0.285. The van der Waals surface area contributed by atoms with E-state index < -0.39 is 0 Å². The van der Waals surface area contributed by atoms with Crippen LogP contribution in [0.15, 0.2) is 30.5 Å². The predicted molar refractivity (Wildman–Crippen MR) is 73.1 cm³/mol. The number of nitrogens with two attached hydrogens (primary N) is 1. The second kappa shape index (κ2) is 6.14. The average Bonchev–Trinajstić information content (AvgIpc) is 2.76. The second-order valence-corrected chi connectivity index (χ2v) is 4.66. The van der Waals surface area contributed by atoms with E-state index in [2.05, 4.69) is 17.4 Å². The van der Waals surface area contributed by atoms with Crippen molar-refractivity contribution in [3.05, 3.63) is 52.6 Å². The summed E-state index contributed by atoms with van der Waals surface area (Å²) >= 11 is 6.18. The quantitative estimate of drug-likeness (QED) is 0.655. The molecule has 0 aliphatic rings. The van der Waals surface area contributed by atoms with Crippen LogP contribution in [0.4, 0.5) is 4.39 Å². The predicted octanol–water partition coefficient (Wildman–Crippen LogP) is 2.64. The lowest BCUT2D eigenvalue weighted by molar-refractivity contribution is 0.520. The molecule has 1 aromatic carbocycles. The van der Waals surface area contributed by atoms with E-state index in [-0.39, 0.29) is 11.9 Å². The summed E-state index contributed by atoms with van der Waals surface area (Å²) in [7, 11) is 0. The van der Waals surface area contributed by atoms with Crippen molar-refractivity contribution >= 4 is 11.6 Å². The Morgan fingerprint density at radius 1 is 1.42 bits per heavy atom. The van der Waals surface area contributed by atoms with Crippen LogP contribution < -0.4 is 11.3 Å². The molecule has 2 aromatic rings. The van der Waals surface area contributed by atoms with Crippen LogP contribution in [0.1, 0.15) is 30.6 Å². The van der Waals surface area contributed by atoms with Gasteiger partial charge in [0.25, 0.3) is 0 Å². The summed E-state index contributed by atoms with van der Waals surface area (Å²) in [4.78, 5) is 0. The first kappa shape index (κ1) is 14.0. The van der Waals surface area contributed by atoms with Crippen molar-refractivity contribution in [2.75, 3.05) is 0 Å². The topological polar surface area (TPSA) is 55.9 Å². The van der Waals surface area contributed by atoms with E-state index in [0.29, 0.717) is 5.02 Å². The van der Waals surface area contributed by atoms with Gasteiger partial charge in [-0.3, -0.25) is 10.5 Å². The summed E-state index contributed by atoms with van der Waals surface area (Å²) in [6.07, 6.45) is 2.53. The third-order valence-electron chi connectivity index (χ3n) is 2.91. The van der Waals surface area contributed by atoms with Gasteiger partial charge in [-0.1, -0.05) is 30.7 Å². The van der Waals surface area contributed by atoms with Gasteiger partial charge >= 0.3 is 0 Å². The Morgan fingerprint density at radius 3 is 2.68 bits per heavy atom. The Balaban J connectivity index is 2.41. The van der Waals surface area contributed by atoms with Crippen molar-refractivity contribution in [3.63, 3.8) is 0 Å². The molecule has 6 heteroatoms. The lowest BCUT2D eigenvalue weighted by Gasteiger charge is -2.18. The van der Waals surface area contributed by atoms with E-state index >= 15 is 0 Å². The van der Waals surface area contributed by atoms with Crippen LogP contribution in [0.3, 0.4) is 0 Å². The number of hydrazine groups is 1. The molecular formula is C13H16ClFN4. The normalized spacial score (nSPS) is 12.6. The minimum Gasteiger partial charge on any atom is -0.271 e. The van der Waals surface area contributed by atoms with Gasteiger partial charge in [-0.2, -0.15) is 5.10 Å². The van der Waals surface area contributed by atoms with Crippen molar-refractivity contribution < 1.29 is 4.39 Å². The van der Waals surface area contributed by atoms with Crippen molar-refractivity contribution in [2.45, 2.75) is 25.9 Å². The molecule has 0 aliphatic carbocycles. The highest BCUT2D eigenvalue weighted by atomic mass is 35.5. The van der Waals surface area contributed by atoms with Crippen LogP contribution in [-0.2, 0) is 6.54 Å². The SMILES string of the molecule is CCCn1ncc(Cl)c1C(NN)c1ccc(F)cc1. The third-order valence-corrected chi connectivity index (χ3v) is 3.20. The molecular weight excluding hydrogens is 267 g/mol. The third kappa shape index (κ3) is 2.94. The molecule has 0 amide bonds. The summed E-state index contributed by atoms with van der Waals surface area (Å²) in [5.41, 5.74) is 4.34. The molecule has 2 rings (SSSR count). The van der Waals surface area contributed by atoms with Gasteiger partial charge in [-0.05, 0) is 24.1 Å². The molecule has 3 N–H and O–H groups in total. The van der Waals surface area contributed by atoms with E-state index in [4.69, 9.17) is 17.4 Å². The Kier molecular flexibility index (Phi) is 4.52. The number of nitrogens with one attached hydrogen (secondary N) is 1. The Bertz CT molecular complexity index is 538. The molecule has 1 heterocycles. The number of hydrogen-bond acceptors (Lipinski definition) is 3. The van der Waals surface area contributed by atoms with E-state index in [0.717, 1.165) is 24.2 Å². The molecule has 1 aromatic heterocycles. The fourth-order valence-electron chi connectivity index (χ4n) is 2.04. The monoisotopic (exact) mass is 282 g/mol. The van der Waals surface area contributed by atoms with Gasteiger partial charge in [0.05, 0.1) is 23.0 Å². The van der Waals surface area contributed by atoms with Crippen LogP contribution >= 0.6 is 11.6 Å². The first-order valence-electron chi connectivity index (χ1n) is 6.10. The maximum atomic E-state index is 13.0. The molecule has 0 spiro atoms. The zero-order valence-corrected chi connectivity index (χ0v) is 11.4. The van der Waals surface area contributed by atoms with Gasteiger partial charge in [0.1, 0.15) is 5.82 Å². The molecule has 0 bridgehead atoms. The van der Waals surface area contributed by atoms with E-state index in [1.807, 2.05) is 4.68 Å². The number of benzene rings is 1. The van der Waals surface area contributed by atoms with Gasteiger partial charge in [0.15, 0.2) is 0 Å². The number of rotatable bonds is 5. The fraction of sp³-hybridized carbons (Fsp3) is 0.308. The molecule has 0 radical (unpaired) electrons. The molecule has 4 nitrogen and oxygen atoms in total. The van der Waals surface area contributed by atoms with Crippen molar-refractivity contribution in [2.24, 2.45) is 5.84 Å². The lowest BCUT2D eigenvalue weighted by atomic mass is 10.0. The number of halogens is 2. The highest BCUT2D eigenvalue weighted by Crippen LogP contribution is 2.28. The standard InChI is InChI=1S/C13H16ClFN4/c1-2-7-19-13(11(14)8-17-19)12(18-16)9-3-5-10(15)6-4-9/h3-6,8,12,18H,2,7,16H2,1H3. The minimum atomic E-state index is -0.317. The summed E-state index contributed by atoms with van der Waals surface area (Å²) in [6.45, 7) is 2.81. The molecule has 0 aliphatic heterocycles. The maximum absolute atomic E-state index is 13.0. The number of hydrogen-bond donors (Lipinski definition) is 2. The first-order valence-corrected chi connectivity index (χ1v) is 6.48. The Hall–Kier alpha value is -1.43. The van der Waals surface area contributed by atoms with Gasteiger partial charge in [0.2, 0.25) is 0 Å². The lowest BCUT2D eigenvalue weighted by Crippen LogP contribution is -2.31. The van der Waals surface area contributed by atoms with E-state index in [9.17, 15) is 4.39 Å². The largest absolute Gasteiger partial charge is 0.271 e. The zero-order valence-electron chi connectivity index (χ0n) is 10.6. The number of nitrogens with zero attached hydrogens (tertiary/aromatic N) is 2. The summed E-state index contributed by atoms with van der Waals surface area (Å²) in [5, 5.41) is 4.77. The Morgan fingerprint density at radius 2 is 2.11 bits per heavy atom. The summed E-state index contributed by atoms with van der Waals surface area (Å²) < 4.78 is 14.8. The van der Waals surface area contributed by atoms with Crippen LogP contribution in [-0.4, -0.2) is 9.78 Å². The molecule has 1 atom stereocenters. The fourth-order valence-corrected chi connectivity index (χ4v) is 2.29. The van der Waals surface area contributed by atoms with Crippen LogP contribution in [0.5, 0.6) is 0 Å². The number of aromatic nitrogens is 2. The van der Waals surface area contributed by atoms with Crippen molar-refractivity contribution in [1.29, 1.82) is 0 Å². The van der Waals surface area contributed by atoms with Crippen molar-refractivity contribution in [3.8, 4) is 0 Å². The first-order chi connectivity index (χ1) is 9.17. The highest BCUT2D eigenvalue weighted by Gasteiger charge is 2.20. The maximum Gasteiger partial charge on any atom is 0.123 e. The number of aryl methyl sites for hydroxylation is 1. The molecule has 0 saturated heterocycles. The average molecular weight is 283 g/mol. The van der Waals surface area contributed by atoms with Gasteiger partial charge in [-0.15, -0.1) is 0 Å². The molecule has 19 heavy (non-hydrogen) atoms. The molecule has 0 saturated carbocycles. The van der Waals surface area contributed by atoms with Gasteiger partial charge in [-0.25, -0.2) is 9.82 Å². The van der Waals surface area contributed by atoms with Crippen LogP contribution in [0.2, 0.25) is 5.02 Å². The van der Waals surface area contributed by atoms with Crippen molar-refractivity contribution in [1.82, 2.24) is 15.2 Å². The second-order valence-electron chi connectivity index (χ2n) is 4.25. The highest BCUT2D eigenvalue weighted by molar-refractivity contribution is 6.31. The van der Waals surface area contributed by atoms with Crippen LogP contribution in [0.25, 0.3) is 0 Å². The molecule has 0 fully saturated rings. The smallest absolute Gasteiger partial charge is 0.123 e. The van der Waals surface area contributed by atoms with E-state index in [1.54, 1.807) is 18.3 Å². The molecule has 102 valence electrons. The summed E-state index contributed by atoms with van der Waals surface area (Å²) in [5.74, 6) is 5.34.